The second-order valence-corrected chi connectivity index (χ2v) is 9.05. The molecule has 0 radical (unpaired) electrons. The average Bonchev–Trinajstić information content (AvgIpc) is 3.22. The number of anilines is 2. The number of carbonyl (C=O) groups excluding carboxylic acids is 2. The minimum absolute atomic E-state index is 0.0575. The van der Waals surface area contributed by atoms with Crippen LogP contribution in [0.25, 0.3) is 5.69 Å². The monoisotopic (exact) mass is 485 g/mol. The van der Waals surface area contributed by atoms with Crippen LogP contribution in [-0.4, -0.2) is 46.3 Å². The Balaban J connectivity index is 1.27. The van der Waals surface area contributed by atoms with Crippen LogP contribution in [0.15, 0.2) is 54.6 Å². The number of aryl methyl sites for hydroxylation is 2. The molecular weight excluding hydrogens is 454 g/mol. The van der Waals surface area contributed by atoms with Gasteiger partial charge in [0.1, 0.15) is 17.5 Å². The lowest BCUT2D eigenvalue weighted by atomic mass is 9.97. The summed E-state index contributed by atoms with van der Waals surface area (Å²) in [5.74, 6) is 0.0106. The number of hydrogen-bond acceptors (Lipinski definition) is 5. The van der Waals surface area contributed by atoms with E-state index in [4.69, 9.17) is 5.73 Å². The van der Waals surface area contributed by atoms with Crippen molar-refractivity contribution in [2.45, 2.75) is 32.6 Å². The predicted molar refractivity (Wildman–Crippen MR) is 139 cm³/mol. The molecule has 2 heterocycles. The number of rotatable bonds is 7. The second-order valence-electron chi connectivity index (χ2n) is 9.05. The number of hydrogen-bond donors (Lipinski definition) is 3. The number of urea groups is 1. The summed E-state index contributed by atoms with van der Waals surface area (Å²) in [7, 11) is 0. The molecule has 1 atom stereocenters. The Bertz CT molecular complexity index is 1260. The van der Waals surface area contributed by atoms with Crippen molar-refractivity contribution in [1.82, 2.24) is 20.0 Å². The molecule has 3 amide bonds. The number of para-hydroxylation sites is 1. The van der Waals surface area contributed by atoms with Gasteiger partial charge in [-0.25, -0.2) is 9.48 Å². The minimum Gasteiger partial charge on any atom is -0.382 e. The number of benzene rings is 2. The Morgan fingerprint density at radius 3 is 2.75 bits per heavy atom. The summed E-state index contributed by atoms with van der Waals surface area (Å²) in [5, 5.41) is 20.0. The van der Waals surface area contributed by atoms with Crippen molar-refractivity contribution < 1.29 is 9.59 Å². The van der Waals surface area contributed by atoms with E-state index >= 15 is 0 Å². The zero-order valence-electron chi connectivity index (χ0n) is 20.4. The van der Waals surface area contributed by atoms with Gasteiger partial charge in [-0.1, -0.05) is 30.3 Å². The van der Waals surface area contributed by atoms with E-state index in [-0.39, 0.29) is 17.9 Å². The molecule has 36 heavy (non-hydrogen) atoms. The van der Waals surface area contributed by atoms with Crippen LogP contribution in [0.1, 0.15) is 36.1 Å². The molecule has 186 valence electrons. The first-order valence-electron chi connectivity index (χ1n) is 12.2. The predicted octanol–water partition coefficient (Wildman–Crippen LogP) is 3.63. The minimum atomic E-state index is -0.246. The van der Waals surface area contributed by atoms with Gasteiger partial charge in [-0.15, -0.1) is 0 Å². The molecule has 1 aliphatic heterocycles. The maximum atomic E-state index is 12.8. The zero-order valence-corrected chi connectivity index (χ0v) is 20.4. The molecule has 4 rings (SSSR count). The quantitative estimate of drug-likeness (QED) is 0.440. The zero-order chi connectivity index (χ0) is 25.5. The van der Waals surface area contributed by atoms with Crippen LogP contribution >= 0.6 is 0 Å². The molecule has 1 fully saturated rings. The van der Waals surface area contributed by atoms with Gasteiger partial charge in [0.05, 0.1) is 17.3 Å². The van der Waals surface area contributed by atoms with E-state index in [1.54, 1.807) is 9.58 Å². The number of nitrogens with two attached hydrogens (primary N) is 1. The van der Waals surface area contributed by atoms with Crippen molar-refractivity contribution in [2.75, 3.05) is 30.7 Å². The first-order chi connectivity index (χ1) is 17.5. The Morgan fingerprint density at radius 2 is 2.00 bits per heavy atom. The number of amides is 3. The first kappa shape index (κ1) is 24.8. The lowest BCUT2D eigenvalue weighted by Crippen LogP contribution is -2.47. The molecule has 0 bridgehead atoms. The lowest BCUT2D eigenvalue weighted by molar-refractivity contribution is -0.126. The molecule has 1 aromatic heterocycles. The van der Waals surface area contributed by atoms with Crippen molar-refractivity contribution in [3.63, 3.8) is 0 Å². The molecule has 3 aromatic rings. The topological polar surface area (TPSA) is 129 Å². The van der Waals surface area contributed by atoms with Crippen molar-refractivity contribution in [3.05, 3.63) is 71.4 Å². The third kappa shape index (κ3) is 5.84. The number of nitrogens with one attached hydrogen (secondary N) is 2. The van der Waals surface area contributed by atoms with Gasteiger partial charge in [0.15, 0.2) is 0 Å². The molecule has 4 N–H and O–H groups in total. The summed E-state index contributed by atoms with van der Waals surface area (Å²) >= 11 is 0. The first-order valence-corrected chi connectivity index (χ1v) is 12.2. The average molecular weight is 486 g/mol. The number of aromatic nitrogens is 2. The molecule has 1 saturated heterocycles. The smallest absolute Gasteiger partial charge is 0.321 e. The SMILES string of the molecule is Cc1cccc(NC(=O)N2CCCC(C(=O)NCCCc3nn(-c4ccccc4)c(N)c3C#N)C2)c1. The van der Waals surface area contributed by atoms with Gasteiger partial charge < -0.3 is 21.3 Å². The maximum absolute atomic E-state index is 12.8. The Morgan fingerprint density at radius 1 is 1.19 bits per heavy atom. The van der Waals surface area contributed by atoms with Crippen LogP contribution < -0.4 is 16.4 Å². The highest BCUT2D eigenvalue weighted by Gasteiger charge is 2.28. The highest BCUT2D eigenvalue weighted by molar-refractivity contribution is 5.90. The number of carbonyl (C=O) groups is 2. The van der Waals surface area contributed by atoms with E-state index in [9.17, 15) is 14.9 Å². The third-order valence-electron chi connectivity index (χ3n) is 6.34. The summed E-state index contributed by atoms with van der Waals surface area (Å²) in [6.07, 6.45) is 2.66. The van der Waals surface area contributed by atoms with Crippen LogP contribution in [0.3, 0.4) is 0 Å². The standard InChI is InChI=1S/C27H31N7O2/c1-19-8-5-10-21(16-19)31-27(36)33-15-7-9-20(18-33)26(35)30-14-6-13-24-23(17-28)25(29)34(32-24)22-11-3-2-4-12-22/h2-5,8,10-12,16,20H,6-7,9,13-15,18,29H2,1H3,(H,30,35)(H,31,36). The highest BCUT2D eigenvalue weighted by atomic mass is 16.2. The summed E-state index contributed by atoms with van der Waals surface area (Å²) in [6, 6.07) is 19.0. The van der Waals surface area contributed by atoms with E-state index in [1.807, 2.05) is 61.5 Å². The van der Waals surface area contributed by atoms with E-state index < -0.39 is 0 Å². The summed E-state index contributed by atoms with van der Waals surface area (Å²) in [5.41, 5.74) is 9.75. The van der Waals surface area contributed by atoms with Crippen molar-refractivity contribution in [2.24, 2.45) is 5.92 Å². The normalized spacial score (nSPS) is 15.2. The molecule has 9 nitrogen and oxygen atoms in total. The van der Waals surface area contributed by atoms with Gasteiger partial charge in [-0.2, -0.15) is 10.4 Å². The van der Waals surface area contributed by atoms with Crippen LogP contribution in [0.5, 0.6) is 0 Å². The van der Waals surface area contributed by atoms with Crippen LogP contribution in [-0.2, 0) is 11.2 Å². The largest absolute Gasteiger partial charge is 0.382 e. The van der Waals surface area contributed by atoms with Crippen molar-refractivity contribution >= 4 is 23.4 Å². The lowest BCUT2D eigenvalue weighted by Gasteiger charge is -2.32. The summed E-state index contributed by atoms with van der Waals surface area (Å²) in [4.78, 5) is 27.2. The van der Waals surface area contributed by atoms with Crippen LogP contribution in [0, 0.1) is 24.2 Å². The Labute approximate surface area is 210 Å². The fraction of sp³-hybridized carbons (Fsp3) is 0.333. The van der Waals surface area contributed by atoms with Gasteiger partial charge in [0, 0.05) is 25.3 Å². The van der Waals surface area contributed by atoms with Gasteiger partial charge in [0.2, 0.25) is 5.91 Å². The maximum Gasteiger partial charge on any atom is 0.321 e. The van der Waals surface area contributed by atoms with Crippen LogP contribution in [0.4, 0.5) is 16.3 Å². The van der Waals surface area contributed by atoms with Gasteiger partial charge in [-0.3, -0.25) is 4.79 Å². The summed E-state index contributed by atoms with van der Waals surface area (Å²) < 4.78 is 1.57. The highest BCUT2D eigenvalue weighted by Crippen LogP contribution is 2.22. The van der Waals surface area contributed by atoms with E-state index in [1.165, 1.54) is 0 Å². The molecule has 0 aliphatic carbocycles. The second kappa shape index (κ2) is 11.4. The number of nitrogen functional groups attached to an aromatic ring is 1. The molecule has 9 heteroatoms. The third-order valence-corrected chi connectivity index (χ3v) is 6.34. The number of likely N-dealkylation sites (tertiary alicyclic amines) is 1. The number of nitriles is 1. The van der Waals surface area contributed by atoms with Crippen molar-refractivity contribution in [3.8, 4) is 11.8 Å². The Hall–Kier alpha value is -4.32. The molecule has 1 aliphatic rings. The molecular formula is C27H31N7O2. The van der Waals surface area contributed by atoms with E-state index in [2.05, 4.69) is 21.8 Å². The van der Waals surface area contributed by atoms with Gasteiger partial charge in [0.25, 0.3) is 0 Å². The molecule has 2 aromatic carbocycles. The fourth-order valence-electron chi connectivity index (χ4n) is 4.45. The van der Waals surface area contributed by atoms with Gasteiger partial charge in [-0.05, 0) is 62.4 Å². The van der Waals surface area contributed by atoms with Gasteiger partial charge >= 0.3 is 6.03 Å². The number of piperidine rings is 1. The van der Waals surface area contributed by atoms with Crippen LogP contribution in [0.2, 0.25) is 0 Å². The fourth-order valence-corrected chi connectivity index (χ4v) is 4.45. The van der Waals surface area contributed by atoms with Crippen molar-refractivity contribution in [1.29, 1.82) is 5.26 Å². The molecule has 1 unspecified atom stereocenters. The molecule has 0 saturated carbocycles. The van der Waals surface area contributed by atoms with E-state index in [0.29, 0.717) is 49.6 Å². The molecule has 0 spiro atoms. The number of nitrogens with zero attached hydrogens (tertiary/aromatic N) is 4. The van der Waals surface area contributed by atoms with E-state index in [0.717, 1.165) is 29.8 Å². The summed E-state index contributed by atoms with van der Waals surface area (Å²) in [6.45, 7) is 3.44. The Kier molecular flexibility index (Phi) is 7.85.